The molecule has 8 heteroatoms. The maximum Gasteiger partial charge on any atom is 0.326 e. The van der Waals surface area contributed by atoms with Crippen molar-refractivity contribution in [3.63, 3.8) is 0 Å². The van der Waals surface area contributed by atoms with Crippen LogP contribution in [0, 0.1) is 6.92 Å². The minimum absolute atomic E-state index is 0.0518. The minimum atomic E-state index is -1.09. The van der Waals surface area contributed by atoms with E-state index in [1.165, 1.54) is 21.1 Å². The Morgan fingerprint density at radius 3 is 2.85 bits per heavy atom. The molecule has 0 aromatic carbocycles. The van der Waals surface area contributed by atoms with Gasteiger partial charge in [-0.25, -0.2) is 14.6 Å². The third-order valence-corrected chi connectivity index (χ3v) is 4.02. The lowest BCUT2D eigenvalue weighted by molar-refractivity contribution is -0.141. The monoisotopic (exact) mass is 299 g/mol. The number of β-amino-alcohol motifs (C(OH)–C–C–N with tert-alkyl or cyclic N) is 1. The van der Waals surface area contributed by atoms with E-state index in [1.54, 1.807) is 7.05 Å². The highest BCUT2D eigenvalue weighted by Gasteiger charge is 2.40. The molecule has 1 aromatic heterocycles. The number of urea groups is 1. The van der Waals surface area contributed by atoms with E-state index < -0.39 is 24.1 Å². The molecule has 2 amide bonds. The number of aromatic nitrogens is 1. The number of aryl methyl sites for hydroxylation is 1. The Bertz CT molecular complexity index is 519. The summed E-state index contributed by atoms with van der Waals surface area (Å²) < 4.78 is 0. The van der Waals surface area contributed by atoms with E-state index in [9.17, 15) is 14.7 Å². The number of hydrogen-bond donors (Lipinski definition) is 2. The van der Waals surface area contributed by atoms with Crippen LogP contribution in [0.1, 0.15) is 17.1 Å². The highest BCUT2D eigenvalue weighted by atomic mass is 32.1. The zero-order valence-electron chi connectivity index (χ0n) is 11.3. The Labute approximate surface area is 120 Å². The van der Waals surface area contributed by atoms with Gasteiger partial charge in [0, 0.05) is 25.4 Å². The van der Waals surface area contributed by atoms with Crippen LogP contribution in [0.15, 0.2) is 5.38 Å². The van der Waals surface area contributed by atoms with Gasteiger partial charge in [0.25, 0.3) is 0 Å². The lowest BCUT2D eigenvalue weighted by atomic mass is 10.2. The molecule has 110 valence electrons. The van der Waals surface area contributed by atoms with Gasteiger partial charge in [-0.1, -0.05) is 0 Å². The lowest BCUT2D eigenvalue weighted by Gasteiger charge is -2.27. The van der Waals surface area contributed by atoms with Crippen molar-refractivity contribution in [2.45, 2.75) is 32.0 Å². The molecule has 20 heavy (non-hydrogen) atoms. The van der Waals surface area contributed by atoms with Crippen LogP contribution in [0.5, 0.6) is 0 Å². The van der Waals surface area contributed by atoms with Gasteiger partial charge < -0.3 is 20.0 Å². The molecular weight excluding hydrogens is 282 g/mol. The van der Waals surface area contributed by atoms with E-state index in [1.807, 2.05) is 12.3 Å². The maximum atomic E-state index is 12.3. The SMILES string of the molecule is Cc1nc(CN(C)C(=O)N2CC(O)CC2C(=O)O)cs1. The molecule has 1 aromatic rings. The molecule has 2 rings (SSSR count). The molecule has 7 nitrogen and oxygen atoms in total. The van der Waals surface area contributed by atoms with Crippen LogP contribution >= 0.6 is 11.3 Å². The minimum Gasteiger partial charge on any atom is -0.480 e. The number of hydrogen-bond acceptors (Lipinski definition) is 5. The summed E-state index contributed by atoms with van der Waals surface area (Å²) in [6, 6.07) is -1.36. The summed E-state index contributed by atoms with van der Waals surface area (Å²) in [6.45, 7) is 2.26. The second-order valence-electron chi connectivity index (χ2n) is 4.89. The van der Waals surface area contributed by atoms with Crippen molar-refractivity contribution < 1.29 is 19.8 Å². The molecule has 1 aliphatic rings. The number of aliphatic carboxylic acids is 1. The predicted octanol–water partition coefficient (Wildman–Crippen LogP) is 0.523. The van der Waals surface area contributed by atoms with Crippen molar-refractivity contribution in [3.05, 3.63) is 16.1 Å². The average molecular weight is 299 g/mol. The van der Waals surface area contributed by atoms with Crippen LogP contribution in [-0.4, -0.2) is 62.7 Å². The molecule has 0 aliphatic carbocycles. The molecule has 2 heterocycles. The van der Waals surface area contributed by atoms with E-state index in [-0.39, 0.29) is 13.0 Å². The fraction of sp³-hybridized carbons (Fsp3) is 0.583. The number of amides is 2. The van der Waals surface area contributed by atoms with Gasteiger partial charge in [-0.05, 0) is 6.92 Å². The third-order valence-electron chi connectivity index (χ3n) is 3.20. The molecule has 2 N–H and O–H groups in total. The van der Waals surface area contributed by atoms with Crippen molar-refractivity contribution in [2.24, 2.45) is 0 Å². The van der Waals surface area contributed by atoms with E-state index in [0.29, 0.717) is 6.54 Å². The van der Waals surface area contributed by atoms with E-state index >= 15 is 0 Å². The second-order valence-corrected chi connectivity index (χ2v) is 5.95. The van der Waals surface area contributed by atoms with Gasteiger partial charge in [-0.15, -0.1) is 11.3 Å². The highest BCUT2D eigenvalue weighted by molar-refractivity contribution is 7.09. The number of aliphatic hydroxyl groups excluding tert-OH is 1. The van der Waals surface area contributed by atoms with Gasteiger partial charge in [0.05, 0.1) is 23.4 Å². The molecule has 0 saturated carbocycles. The first kappa shape index (κ1) is 14.7. The zero-order valence-corrected chi connectivity index (χ0v) is 12.1. The van der Waals surface area contributed by atoms with Crippen LogP contribution in [0.3, 0.4) is 0 Å². The van der Waals surface area contributed by atoms with Crippen LogP contribution in [0.25, 0.3) is 0 Å². The molecular formula is C12H17N3O4S. The molecule has 0 radical (unpaired) electrons. The first-order valence-electron chi connectivity index (χ1n) is 6.22. The van der Waals surface area contributed by atoms with Crippen LogP contribution in [0.4, 0.5) is 4.79 Å². The summed E-state index contributed by atoms with van der Waals surface area (Å²) in [5, 5.41) is 21.4. The van der Waals surface area contributed by atoms with Gasteiger partial charge >= 0.3 is 12.0 Å². The Hall–Kier alpha value is -1.67. The smallest absolute Gasteiger partial charge is 0.326 e. The highest BCUT2D eigenvalue weighted by Crippen LogP contribution is 2.20. The van der Waals surface area contributed by atoms with Crippen molar-refractivity contribution in [2.75, 3.05) is 13.6 Å². The molecule has 1 aliphatic heterocycles. The number of carboxylic acid groups (broad SMARTS) is 1. The largest absolute Gasteiger partial charge is 0.480 e. The normalized spacial score (nSPS) is 22.1. The first-order valence-corrected chi connectivity index (χ1v) is 7.10. The fourth-order valence-corrected chi connectivity index (χ4v) is 2.87. The van der Waals surface area contributed by atoms with Crippen LogP contribution < -0.4 is 0 Å². The van der Waals surface area contributed by atoms with Gasteiger partial charge in [0.1, 0.15) is 6.04 Å². The lowest BCUT2D eigenvalue weighted by Crippen LogP contribution is -2.46. The number of thiazole rings is 1. The van der Waals surface area contributed by atoms with Gasteiger partial charge in [-0.3, -0.25) is 0 Å². The Kier molecular flexibility index (Phi) is 4.24. The molecule has 0 bridgehead atoms. The molecule has 2 atom stereocenters. The molecule has 1 saturated heterocycles. The molecule has 1 fully saturated rings. The topological polar surface area (TPSA) is 94.0 Å². The zero-order chi connectivity index (χ0) is 14.9. The fourth-order valence-electron chi connectivity index (χ4n) is 2.27. The summed E-state index contributed by atoms with van der Waals surface area (Å²) in [5.41, 5.74) is 0.773. The summed E-state index contributed by atoms with van der Waals surface area (Å²) in [5.74, 6) is -1.09. The van der Waals surface area contributed by atoms with Crippen molar-refractivity contribution in [1.82, 2.24) is 14.8 Å². The van der Waals surface area contributed by atoms with Gasteiger partial charge in [0.2, 0.25) is 0 Å². The summed E-state index contributed by atoms with van der Waals surface area (Å²) in [4.78, 5) is 30.3. The summed E-state index contributed by atoms with van der Waals surface area (Å²) in [6.07, 6.45) is -0.708. The molecule has 2 unspecified atom stereocenters. The van der Waals surface area contributed by atoms with Crippen LogP contribution in [0.2, 0.25) is 0 Å². The quantitative estimate of drug-likeness (QED) is 0.849. The van der Waals surface area contributed by atoms with Gasteiger partial charge in [-0.2, -0.15) is 0 Å². The Balaban J connectivity index is 2.04. The standard InChI is InChI=1S/C12H17N3O4S/c1-7-13-8(6-20-7)4-14(2)12(19)15-5-9(16)3-10(15)11(17)18/h6,9-10,16H,3-5H2,1-2H3,(H,17,18). The Morgan fingerprint density at radius 1 is 1.60 bits per heavy atom. The third kappa shape index (κ3) is 3.07. The number of carbonyl (C=O) groups is 2. The Morgan fingerprint density at radius 2 is 2.30 bits per heavy atom. The second kappa shape index (κ2) is 5.76. The predicted molar refractivity (Wildman–Crippen MR) is 72.5 cm³/mol. The molecule has 0 spiro atoms. The number of likely N-dealkylation sites (tertiary alicyclic amines) is 1. The van der Waals surface area contributed by atoms with Gasteiger partial charge in [0.15, 0.2) is 0 Å². The van der Waals surface area contributed by atoms with Crippen molar-refractivity contribution in [1.29, 1.82) is 0 Å². The van der Waals surface area contributed by atoms with Crippen molar-refractivity contribution >= 4 is 23.3 Å². The van der Waals surface area contributed by atoms with E-state index in [2.05, 4.69) is 4.98 Å². The number of rotatable bonds is 3. The summed E-state index contributed by atoms with van der Waals surface area (Å²) in [7, 11) is 1.60. The average Bonchev–Trinajstić information content (AvgIpc) is 2.94. The van der Waals surface area contributed by atoms with E-state index in [4.69, 9.17) is 5.11 Å². The first-order chi connectivity index (χ1) is 9.38. The number of carbonyl (C=O) groups excluding carboxylic acids is 1. The summed E-state index contributed by atoms with van der Waals surface area (Å²) >= 11 is 1.50. The van der Waals surface area contributed by atoms with Crippen molar-refractivity contribution in [3.8, 4) is 0 Å². The number of nitrogens with zero attached hydrogens (tertiary/aromatic N) is 3. The number of carboxylic acids is 1. The van der Waals surface area contributed by atoms with E-state index in [0.717, 1.165) is 10.7 Å². The van der Waals surface area contributed by atoms with Crippen LogP contribution in [-0.2, 0) is 11.3 Å². The maximum absolute atomic E-state index is 12.3. The number of aliphatic hydroxyl groups is 1.